The molecule has 18 heavy (non-hydrogen) atoms. The zero-order valence-corrected chi connectivity index (χ0v) is 10.9. The molecular formula is C14H21N3O. The number of nitrogens with zero attached hydrogens (tertiary/aromatic N) is 1. The number of hydrogen-bond donors (Lipinski definition) is 2. The summed E-state index contributed by atoms with van der Waals surface area (Å²) in [5.41, 5.74) is 0.871. The van der Waals surface area contributed by atoms with E-state index in [4.69, 9.17) is 0 Å². The van der Waals surface area contributed by atoms with Gasteiger partial charge in [-0.1, -0.05) is 18.2 Å². The van der Waals surface area contributed by atoms with Crippen molar-refractivity contribution in [2.75, 3.05) is 31.5 Å². The largest absolute Gasteiger partial charge is 0.326 e. The lowest BCUT2D eigenvalue weighted by Gasteiger charge is -2.31. The summed E-state index contributed by atoms with van der Waals surface area (Å²) < 4.78 is 0. The van der Waals surface area contributed by atoms with Gasteiger partial charge in [0.2, 0.25) is 5.91 Å². The first-order valence-corrected chi connectivity index (χ1v) is 6.54. The van der Waals surface area contributed by atoms with Crippen LogP contribution in [-0.2, 0) is 4.79 Å². The van der Waals surface area contributed by atoms with Crippen LogP contribution in [0.4, 0.5) is 5.69 Å². The number of piperazine rings is 1. The summed E-state index contributed by atoms with van der Waals surface area (Å²) in [6.07, 6.45) is 0.557. The van der Waals surface area contributed by atoms with E-state index in [9.17, 15) is 4.79 Å². The Morgan fingerprint density at radius 3 is 2.94 bits per heavy atom. The van der Waals surface area contributed by atoms with Crippen LogP contribution in [0, 0.1) is 0 Å². The molecule has 1 saturated heterocycles. The minimum Gasteiger partial charge on any atom is -0.326 e. The Bertz CT molecular complexity index is 380. The summed E-state index contributed by atoms with van der Waals surface area (Å²) >= 11 is 0. The minimum atomic E-state index is 0.0902. The smallest absolute Gasteiger partial charge is 0.225 e. The molecule has 2 N–H and O–H groups in total. The fraction of sp³-hybridized carbons (Fsp3) is 0.500. The van der Waals surface area contributed by atoms with Gasteiger partial charge in [0.25, 0.3) is 0 Å². The van der Waals surface area contributed by atoms with Gasteiger partial charge in [-0.05, 0) is 19.1 Å². The van der Waals surface area contributed by atoms with Crippen molar-refractivity contribution < 1.29 is 4.79 Å². The summed E-state index contributed by atoms with van der Waals surface area (Å²) in [6, 6.07) is 10.1. The Balaban J connectivity index is 1.71. The Labute approximate surface area is 108 Å². The minimum absolute atomic E-state index is 0.0902. The molecule has 1 unspecified atom stereocenters. The average Bonchev–Trinajstić information content (AvgIpc) is 2.38. The lowest BCUT2D eigenvalue weighted by molar-refractivity contribution is -0.116. The van der Waals surface area contributed by atoms with Gasteiger partial charge < -0.3 is 15.5 Å². The molecule has 0 bridgehead atoms. The van der Waals surface area contributed by atoms with E-state index in [0.29, 0.717) is 12.5 Å². The molecule has 0 saturated carbocycles. The second-order valence-corrected chi connectivity index (χ2v) is 4.82. The molecule has 2 rings (SSSR count). The molecule has 1 aliphatic heterocycles. The number of anilines is 1. The summed E-state index contributed by atoms with van der Waals surface area (Å²) in [5.74, 6) is 0.0902. The van der Waals surface area contributed by atoms with Gasteiger partial charge in [0.15, 0.2) is 0 Å². The third-order valence-electron chi connectivity index (χ3n) is 3.17. The highest BCUT2D eigenvalue weighted by Crippen LogP contribution is 2.06. The molecule has 0 spiro atoms. The normalized spacial score (nSPS) is 20.6. The maximum absolute atomic E-state index is 11.8. The number of rotatable bonds is 4. The van der Waals surface area contributed by atoms with Crippen LogP contribution >= 0.6 is 0 Å². The molecule has 1 aromatic rings. The number of benzene rings is 1. The van der Waals surface area contributed by atoms with Crippen LogP contribution in [0.1, 0.15) is 13.3 Å². The van der Waals surface area contributed by atoms with Crippen LogP contribution in [0.5, 0.6) is 0 Å². The van der Waals surface area contributed by atoms with Gasteiger partial charge in [0.1, 0.15) is 0 Å². The van der Waals surface area contributed by atoms with E-state index in [0.717, 1.165) is 31.9 Å². The van der Waals surface area contributed by atoms with Crippen LogP contribution in [0.25, 0.3) is 0 Å². The Hall–Kier alpha value is -1.39. The van der Waals surface area contributed by atoms with Crippen molar-refractivity contribution in [2.24, 2.45) is 0 Å². The van der Waals surface area contributed by atoms with E-state index in [1.807, 2.05) is 30.3 Å². The summed E-state index contributed by atoms with van der Waals surface area (Å²) in [5, 5.41) is 6.31. The van der Waals surface area contributed by atoms with E-state index >= 15 is 0 Å². The summed E-state index contributed by atoms with van der Waals surface area (Å²) in [6.45, 7) is 6.09. The number of hydrogen-bond acceptors (Lipinski definition) is 3. The maximum atomic E-state index is 11.8. The van der Waals surface area contributed by atoms with Gasteiger partial charge in [0.05, 0.1) is 0 Å². The molecule has 98 valence electrons. The van der Waals surface area contributed by atoms with Crippen LogP contribution in [0.15, 0.2) is 30.3 Å². The molecule has 1 aliphatic rings. The molecule has 1 fully saturated rings. The second kappa shape index (κ2) is 6.52. The topological polar surface area (TPSA) is 44.4 Å². The number of carbonyl (C=O) groups excluding carboxylic acids is 1. The summed E-state index contributed by atoms with van der Waals surface area (Å²) in [7, 11) is 0. The van der Waals surface area contributed by atoms with Crippen LogP contribution in [0.2, 0.25) is 0 Å². The molecule has 0 aliphatic carbocycles. The third-order valence-corrected chi connectivity index (χ3v) is 3.17. The van der Waals surface area contributed by atoms with E-state index in [-0.39, 0.29) is 5.91 Å². The van der Waals surface area contributed by atoms with E-state index in [1.54, 1.807) is 0 Å². The fourth-order valence-corrected chi connectivity index (χ4v) is 2.22. The molecule has 1 heterocycles. The Morgan fingerprint density at radius 2 is 2.22 bits per heavy atom. The first-order chi connectivity index (χ1) is 8.74. The van der Waals surface area contributed by atoms with Crippen molar-refractivity contribution in [1.29, 1.82) is 0 Å². The summed E-state index contributed by atoms with van der Waals surface area (Å²) in [4.78, 5) is 14.1. The van der Waals surface area contributed by atoms with Gasteiger partial charge in [-0.3, -0.25) is 4.79 Å². The van der Waals surface area contributed by atoms with Crippen molar-refractivity contribution in [3.63, 3.8) is 0 Å². The van der Waals surface area contributed by atoms with E-state index in [2.05, 4.69) is 22.5 Å². The number of amides is 1. The predicted octanol–water partition coefficient (Wildman–Crippen LogP) is 1.31. The maximum Gasteiger partial charge on any atom is 0.225 e. The molecule has 1 aromatic carbocycles. The molecule has 1 atom stereocenters. The standard InChI is InChI=1S/C14H21N3O/c1-12-11-17(10-8-15-12)9-7-14(18)16-13-5-3-2-4-6-13/h2-6,12,15H,7-11H2,1H3,(H,16,18). The predicted molar refractivity (Wildman–Crippen MR) is 73.6 cm³/mol. The Kier molecular flexibility index (Phi) is 4.73. The van der Waals surface area contributed by atoms with E-state index < -0.39 is 0 Å². The van der Waals surface area contributed by atoms with Crippen molar-refractivity contribution in [3.05, 3.63) is 30.3 Å². The van der Waals surface area contributed by atoms with Gasteiger partial charge >= 0.3 is 0 Å². The number of para-hydroxylation sites is 1. The molecular weight excluding hydrogens is 226 g/mol. The monoisotopic (exact) mass is 247 g/mol. The molecule has 0 aromatic heterocycles. The van der Waals surface area contributed by atoms with E-state index in [1.165, 1.54) is 0 Å². The fourth-order valence-electron chi connectivity index (χ4n) is 2.22. The number of nitrogens with one attached hydrogen (secondary N) is 2. The highest BCUT2D eigenvalue weighted by Gasteiger charge is 2.15. The highest BCUT2D eigenvalue weighted by molar-refractivity contribution is 5.90. The molecule has 1 amide bonds. The lowest BCUT2D eigenvalue weighted by Crippen LogP contribution is -2.49. The van der Waals surface area contributed by atoms with Gasteiger partial charge in [0, 0.05) is 44.3 Å². The highest BCUT2D eigenvalue weighted by atomic mass is 16.1. The Morgan fingerprint density at radius 1 is 1.44 bits per heavy atom. The van der Waals surface area contributed by atoms with Crippen molar-refractivity contribution in [1.82, 2.24) is 10.2 Å². The van der Waals surface area contributed by atoms with Crippen LogP contribution in [0.3, 0.4) is 0 Å². The molecule has 4 nitrogen and oxygen atoms in total. The average molecular weight is 247 g/mol. The zero-order valence-electron chi connectivity index (χ0n) is 10.9. The third kappa shape index (κ3) is 4.13. The molecule has 0 radical (unpaired) electrons. The van der Waals surface area contributed by atoms with Crippen molar-refractivity contribution in [2.45, 2.75) is 19.4 Å². The van der Waals surface area contributed by atoms with Crippen molar-refractivity contribution in [3.8, 4) is 0 Å². The first kappa shape index (κ1) is 13.1. The first-order valence-electron chi connectivity index (χ1n) is 6.54. The molecule has 4 heteroatoms. The van der Waals surface area contributed by atoms with Crippen LogP contribution in [-0.4, -0.2) is 43.0 Å². The van der Waals surface area contributed by atoms with Gasteiger partial charge in [-0.15, -0.1) is 0 Å². The van der Waals surface area contributed by atoms with Crippen LogP contribution < -0.4 is 10.6 Å². The lowest BCUT2D eigenvalue weighted by atomic mass is 10.2. The number of carbonyl (C=O) groups is 1. The zero-order chi connectivity index (χ0) is 12.8. The quantitative estimate of drug-likeness (QED) is 0.843. The second-order valence-electron chi connectivity index (χ2n) is 4.82. The van der Waals surface area contributed by atoms with Crippen molar-refractivity contribution >= 4 is 11.6 Å². The van der Waals surface area contributed by atoms with Gasteiger partial charge in [-0.2, -0.15) is 0 Å². The SMILES string of the molecule is CC1CN(CCC(=O)Nc2ccccc2)CCN1. The van der Waals surface area contributed by atoms with Gasteiger partial charge in [-0.25, -0.2) is 0 Å².